The average Bonchev–Trinajstić information content (AvgIpc) is 2.15. The molecular formula is C10H15NO. The minimum atomic E-state index is -0.350. The molecular weight excluding hydrogens is 150 g/mol. The van der Waals surface area contributed by atoms with Crippen LogP contribution in [0.4, 0.5) is 0 Å². The van der Waals surface area contributed by atoms with Gasteiger partial charge in [-0.15, -0.1) is 0 Å². The Hall–Kier alpha value is -1.02. The third-order valence-electron chi connectivity index (χ3n) is 1.94. The number of rotatable bonds is 1. The molecule has 0 heterocycles. The second-order valence-corrected chi connectivity index (χ2v) is 3.30. The molecule has 1 aliphatic carbocycles. The van der Waals surface area contributed by atoms with Gasteiger partial charge in [-0.25, -0.2) is 0 Å². The number of allylic oxidation sites excluding steroid dienone is 4. The van der Waals surface area contributed by atoms with Gasteiger partial charge in [-0.2, -0.15) is 0 Å². The van der Waals surface area contributed by atoms with E-state index < -0.39 is 0 Å². The van der Waals surface area contributed by atoms with Crippen LogP contribution >= 0.6 is 0 Å². The quantitative estimate of drug-likeness (QED) is 0.623. The standard InChI is InChI=1S/C10H15NO/c1-7(2)8-4-3-5-10(12)9(11)6-8/h3-7,9,12H,11H2,1-2H3. The van der Waals surface area contributed by atoms with Crippen molar-refractivity contribution in [2.45, 2.75) is 19.9 Å². The van der Waals surface area contributed by atoms with Crippen LogP contribution in [0.2, 0.25) is 0 Å². The molecule has 0 spiro atoms. The Labute approximate surface area is 73.1 Å². The van der Waals surface area contributed by atoms with Crippen molar-refractivity contribution in [1.29, 1.82) is 0 Å². The fraction of sp³-hybridized carbons (Fsp3) is 0.400. The summed E-state index contributed by atoms with van der Waals surface area (Å²) in [4.78, 5) is 0. The molecule has 2 nitrogen and oxygen atoms in total. The van der Waals surface area contributed by atoms with E-state index in [0.29, 0.717) is 5.92 Å². The van der Waals surface area contributed by atoms with Gasteiger partial charge >= 0.3 is 0 Å². The summed E-state index contributed by atoms with van der Waals surface area (Å²) in [7, 11) is 0. The molecule has 0 aromatic heterocycles. The Morgan fingerprint density at radius 2 is 2.17 bits per heavy atom. The van der Waals surface area contributed by atoms with Crippen LogP contribution in [0.15, 0.2) is 35.6 Å². The minimum absolute atomic E-state index is 0.224. The first-order valence-corrected chi connectivity index (χ1v) is 4.16. The van der Waals surface area contributed by atoms with Crippen molar-refractivity contribution >= 4 is 0 Å². The maximum absolute atomic E-state index is 9.30. The molecule has 12 heavy (non-hydrogen) atoms. The van der Waals surface area contributed by atoms with E-state index in [1.165, 1.54) is 5.57 Å². The van der Waals surface area contributed by atoms with Crippen molar-refractivity contribution in [2.24, 2.45) is 11.7 Å². The Balaban J connectivity index is 2.88. The average molecular weight is 165 g/mol. The maximum Gasteiger partial charge on any atom is 0.113 e. The van der Waals surface area contributed by atoms with Crippen LogP contribution in [-0.2, 0) is 0 Å². The summed E-state index contributed by atoms with van der Waals surface area (Å²) < 4.78 is 0. The van der Waals surface area contributed by atoms with Crippen LogP contribution in [0.25, 0.3) is 0 Å². The predicted molar refractivity (Wildman–Crippen MR) is 50.7 cm³/mol. The van der Waals surface area contributed by atoms with Crippen LogP contribution in [0.5, 0.6) is 0 Å². The third-order valence-corrected chi connectivity index (χ3v) is 1.94. The molecule has 1 aliphatic rings. The van der Waals surface area contributed by atoms with Gasteiger partial charge in [0.1, 0.15) is 5.76 Å². The van der Waals surface area contributed by atoms with Crippen molar-refractivity contribution in [3.63, 3.8) is 0 Å². The molecule has 1 unspecified atom stereocenters. The summed E-state index contributed by atoms with van der Waals surface area (Å²) in [6.07, 6.45) is 7.33. The topological polar surface area (TPSA) is 46.2 Å². The van der Waals surface area contributed by atoms with E-state index in [1.54, 1.807) is 6.08 Å². The van der Waals surface area contributed by atoms with E-state index in [0.717, 1.165) is 0 Å². The second-order valence-electron chi connectivity index (χ2n) is 3.30. The second kappa shape index (κ2) is 3.59. The Bertz CT molecular complexity index is 249. The normalized spacial score (nSPS) is 23.5. The molecule has 0 amide bonds. The zero-order valence-corrected chi connectivity index (χ0v) is 7.49. The van der Waals surface area contributed by atoms with Gasteiger partial charge in [0.15, 0.2) is 0 Å². The van der Waals surface area contributed by atoms with Crippen LogP contribution in [0.1, 0.15) is 13.8 Å². The lowest BCUT2D eigenvalue weighted by Gasteiger charge is -2.08. The molecule has 0 aromatic rings. The number of hydrogen-bond acceptors (Lipinski definition) is 2. The highest BCUT2D eigenvalue weighted by molar-refractivity contribution is 5.32. The largest absolute Gasteiger partial charge is 0.510 e. The summed E-state index contributed by atoms with van der Waals surface area (Å²) in [5, 5.41) is 9.30. The van der Waals surface area contributed by atoms with Crippen LogP contribution in [0.3, 0.4) is 0 Å². The van der Waals surface area contributed by atoms with Crippen molar-refractivity contribution in [1.82, 2.24) is 0 Å². The minimum Gasteiger partial charge on any atom is -0.510 e. The SMILES string of the molecule is CC(C)C1=CC(N)C(O)=CC=C1. The van der Waals surface area contributed by atoms with Gasteiger partial charge < -0.3 is 10.8 Å². The Morgan fingerprint density at radius 1 is 1.50 bits per heavy atom. The first-order chi connectivity index (χ1) is 5.61. The zero-order chi connectivity index (χ0) is 9.14. The van der Waals surface area contributed by atoms with Gasteiger partial charge in [0.05, 0.1) is 6.04 Å². The van der Waals surface area contributed by atoms with E-state index in [9.17, 15) is 5.11 Å². The zero-order valence-electron chi connectivity index (χ0n) is 7.49. The smallest absolute Gasteiger partial charge is 0.113 e. The summed E-state index contributed by atoms with van der Waals surface area (Å²) in [6, 6.07) is -0.350. The van der Waals surface area contributed by atoms with Crippen molar-refractivity contribution in [3.8, 4) is 0 Å². The van der Waals surface area contributed by atoms with Crippen molar-refractivity contribution in [3.05, 3.63) is 35.6 Å². The number of aliphatic hydroxyl groups is 1. The molecule has 0 saturated heterocycles. The lowest BCUT2D eigenvalue weighted by molar-refractivity contribution is 0.384. The molecule has 0 aromatic carbocycles. The van der Waals surface area contributed by atoms with E-state index >= 15 is 0 Å². The van der Waals surface area contributed by atoms with Crippen molar-refractivity contribution in [2.75, 3.05) is 0 Å². The summed E-state index contributed by atoms with van der Waals surface area (Å²) in [6.45, 7) is 4.20. The van der Waals surface area contributed by atoms with Crippen LogP contribution in [-0.4, -0.2) is 11.1 Å². The third kappa shape index (κ3) is 1.98. The number of aliphatic hydroxyl groups excluding tert-OH is 1. The van der Waals surface area contributed by atoms with Crippen LogP contribution < -0.4 is 5.73 Å². The molecule has 2 heteroatoms. The van der Waals surface area contributed by atoms with Gasteiger partial charge in [0.25, 0.3) is 0 Å². The van der Waals surface area contributed by atoms with E-state index in [1.807, 2.05) is 18.2 Å². The summed E-state index contributed by atoms with van der Waals surface area (Å²) in [5.41, 5.74) is 6.84. The monoisotopic (exact) mass is 165 g/mol. The van der Waals surface area contributed by atoms with Crippen LogP contribution in [0, 0.1) is 5.92 Å². The number of hydrogen-bond donors (Lipinski definition) is 2. The molecule has 0 aliphatic heterocycles. The van der Waals surface area contributed by atoms with Gasteiger partial charge in [0.2, 0.25) is 0 Å². The summed E-state index contributed by atoms with van der Waals surface area (Å²) >= 11 is 0. The Morgan fingerprint density at radius 3 is 2.75 bits per heavy atom. The van der Waals surface area contributed by atoms with Gasteiger partial charge in [-0.3, -0.25) is 0 Å². The van der Waals surface area contributed by atoms with Gasteiger partial charge in [-0.05, 0) is 17.6 Å². The molecule has 66 valence electrons. The summed E-state index contributed by atoms with van der Waals surface area (Å²) in [5.74, 6) is 0.675. The molecule has 1 rings (SSSR count). The molecule has 3 N–H and O–H groups in total. The fourth-order valence-electron chi connectivity index (χ4n) is 1.10. The van der Waals surface area contributed by atoms with E-state index in [-0.39, 0.29) is 11.8 Å². The highest BCUT2D eigenvalue weighted by atomic mass is 16.3. The first-order valence-electron chi connectivity index (χ1n) is 4.16. The molecule has 0 fully saturated rings. The van der Waals surface area contributed by atoms with Crippen molar-refractivity contribution < 1.29 is 5.11 Å². The lowest BCUT2D eigenvalue weighted by Crippen LogP contribution is -2.20. The molecule has 1 atom stereocenters. The molecule has 0 saturated carbocycles. The molecule has 0 radical (unpaired) electrons. The fourth-order valence-corrected chi connectivity index (χ4v) is 1.10. The maximum atomic E-state index is 9.30. The molecule has 0 bridgehead atoms. The highest BCUT2D eigenvalue weighted by Gasteiger charge is 2.09. The van der Waals surface area contributed by atoms with E-state index in [4.69, 9.17) is 5.73 Å². The highest BCUT2D eigenvalue weighted by Crippen LogP contribution is 2.16. The van der Waals surface area contributed by atoms with Gasteiger partial charge in [-0.1, -0.05) is 32.1 Å². The number of nitrogens with two attached hydrogens (primary N) is 1. The predicted octanol–water partition coefficient (Wildman–Crippen LogP) is 1.91. The lowest BCUT2D eigenvalue weighted by atomic mass is 10.0. The van der Waals surface area contributed by atoms with Gasteiger partial charge in [0, 0.05) is 0 Å². The van der Waals surface area contributed by atoms with E-state index in [2.05, 4.69) is 13.8 Å². The first kappa shape index (κ1) is 9.07. The Kier molecular flexibility index (Phi) is 2.71.